The summed E-state index contributed by atoms with van der Waals surface area (Å²) >= 11 is 5.82. The standard InChI is InChI=1S/C11H15ClN2O2S/c12-10-2-1-9(11(13)7-10)8-14-3-5-17(15,16)6-4-14/h1-2,7H,3-6,8,13H2. The second-order valence-electron chi connectivity index (χ2n) is 4.27. The van der Waals surface area contributed by atoms with Crippen molar-refractivity contribution in [3.63, 3.8) is 0 Å². The summed E-state index contributed by atoms with van der Waals surface area (Å²) < 4.78 is 22.6. The van der Waals surface area contributed by atoms with Crippen molar-refractivity contribution < 1.29 is 8.42 Å². The van der Waals surface area contributed by atoms with Crippen LogP contribution in [0.2, 0.25) is 5.02 Å². The fraction of sp³-hybridized carbons (Fsp3) is 0.455. The number of hydrogen-bond donors (Lipinski definition) is 1. The van der Waals surface area contributed by atoms with E-state index in [2.05, 4.69) is 4.90 Å². The number of nitrogens with zero attached hydrogens (tertiary/aromatic N) is 1. The SMILES string of the molecule is Nc1cc(Cl)ccc1CN1CCS(=O)(=O)CC1. The molecule has 94 valence electrons. The number of halogens is 1. The Labute approximate surface area is 106 Å². The lowest BCUT2D eigenvalue weighted by molar-refractivity contribution is 0.288. The molecule has 1 aliphatic rings. The van der Waals surface area contributed by atoms with Gasteiger partial charge in [-0.15, -0.1) is 0 Å². The lowest BCUT2D eigenvalue weighted by atomic mass is 10.1. The molecule has 0 unspecified atom stereocenters. The Morgan fingerprint density at radius 1 is 1.29 bits per heavy atom. The molecule has 4 nitrogen and oxygen atoms in total. The van der Waals surface area contributed by atoms with Gasteiger partial charge in [0.25, 0.3) is 0 Å². The Balaban J connectivity index is 2.02. The van der Waals surface area contributed by atoms with Gasteiger partial charge >= 0.3 is 0 Å². The zero-order valence-corrected chi connectivity index (χ0v) is 11.0. The molecule has 2 rings (SSSR count). The van der Waals surface area contributed by atoms with Crippen LogP contribution in [-0.4, -0.2) is 37.9 Å². The molecule has 1 heterocycles. The van der Waals surface area contributed by atoms with Crippen LogP contribution in [0.3, 0.4) is 0 Å². The number of hydrogen-bond acceptors (Lipinski definition) is 4. The van der Waals surface area contributed by atoms with E-state index < -0.39 is 9.84 Å². The molecule has 0 bridgehead atoms. The van der Waals surface area contributed by atoms with Crippen LogP contribution in [0.4, 0.5) is 5.69 Å². The first-order valence-electron chi connectivity index (χ1n) is 5.43. The van der Waals surface area contributed by atoms with E-state index in [-0.39, 0.29) is 11.5 Å². The normalized spacial score (nSPS) is 20.3. The van der Waals surface area contributed by atoms with Crippen LogP contribution in [0.5, 0.6) is 0 Å². The summed E-state index contributed by atoms with van der Waals surface area (Å²) in [5, 5.41) is 0.618. The lowest BCUT2D eigenvalue weighted by Gasteiger charge is -2.26. The van der Waals surface area contributed by atoms with Crippen molar-refractivity contribution in [1.82, 2.24) is 4.90 Å². The van der Waals surface area contributed by atoms with Crippen molar-refractivity contribution in [3.05, 3.63) is 28.8 Å². The molecule has 0 radical (unpaired) electrons. The van der Waals surface area contributed by atoms with Crippen molar-refractivity contribution in [2.45, 2.75) is 6.54 Å². The predicted octanol–water partition coefficient (Wildman–Crippen LogP) is 1.15. The first kappa shape index (κ1) is 12.7. The molecule has 0 saturated carbocycles. The predicted molar refractivity (Wildman–Crippen MR) is 69.8 cm³/mol. The molecule has 6 heteroatoms. The third-order valence-corrected chi connectivity index (χ3v) is 4.78. The molecule has 0 aromatic heterocycles. The number of benzene rings is 1. The molecule has 1 aromatic carbocycles. The van der Waals surface area contributed by atoms with E-state index in [1.807, 2.05) is 6.07 Å². The van der Waals surface area contributed by atoms with Crippen LogP contribution in [0.1, 0.15) is 5.56 Å². The van der Waals surface area contributed by atoms with Crippen molar-refractivity contribution in [2.24, 2.45) is 0 Å². The third-order valence-electron chi connectivity index (χ3n) is 2.94. The summed E-state index contributed by atoms with van der Waals surface area (Å²) in [5.41, 5.74) is 7.51. The van der Waals surface area contributed by atoms with Gasteiger partial charge in [-0.1, -0.05) is 17.7 Å². The van der Waals surface area contributed by atoms with Crippen LogP contribution in [0.25, 0.3) is 0 Å². The van der Waals surface area contributed by atoms with Crippen LogP contribution >= 0.6 is 11.6 Å². The van der Waals surface area contributed by atoms with Gasteiger partial charge in [0.15, 0.2) is 9.84 Å². The monoisotopic (exact) mass is 274 g/mol. The van der Waals surface area contributed by atoms with Crippen LogP contribution < -0.4 is 5.73 Å². The van der Waals surface area contributed by atoms with Crippen molar-refractivity contribution in [1.29, 1.82) is 0 Å². The minimum atomic E-state index is -2.82. The quantitative estimate of drug-likeness (QED) is 0.822. The molecule has 0 atom stereocenters. The molecular formula is C11H15ClN2O2S. The smallest absolute Gasteiger partial charge is 0.152 e. The molecule has 0 aliphatic carbocycles. The Morgan fingerprint density at radius 2 is 1.94 bits per heavy atom. The second kappa shape index (κ2) is 4.84. The molecule has 0 spiro atoms. The van der Waals surface area contributed by atoms with Gasteiger partial charge in [-0.3, -0.25) is 4.90 Å². The second-order valence-corrected chi connectivity index (χ2v) is 7.01. The first-order chi connectivity index (χ1) is 7.96. The molecule has 1 aromatic rings. The van der Waals surface area contributed by atoms with Gasteiger partial charge in [-0.05, 0) is 17.7 Å². The molecule has 1 fully saturated rings. The van der Waals surface area contributed by atoms with E-state index in [0.29, 0.717) is 30.3 Å². The van der Waals surface area contributed by atoms with Gasteiger partial charge in [-0.2, -0.15) is 0 Å². The van der Waals surface area contributed by atoms with Gasteiger partial charge in [0.05, 0.1) is 11.5 Å². The van der Waals surface area contributed by atoms with Gasteiger partial charge in [0.1, 0.15) is 0 Å². The van der Waals surface area contributed by atoms with E-state index in [1.165, 1.54) is 0 Å². The molecule has 2 N–H and O–H groups in total. The summed E-state index contributed by atoms with van der Waals surface area (Å²) in [4.78, 5) is 2.10. The number of anilines is 1. The molecule has 0 amide bonds. The average Bonchev–Trinajstić information content (AvgIpc) is 2.25. The summed E-state index contributed by atoms with van der Waals surface area (Å²) in [5.74, 6) is 0.473. The lowest BCUT2D eigenvalue weighted by Crippen LogP contribution is -2.39. The Bertz CT molecular complexity index is 502. The number of rotatable bonds is 2. The van der Waals surface area contributed by atoms with E-state index in [9.17, 15) is 8.42 Å². The maximum absolute atomic E-state index is 11.3. The summed E-state index contributed by atoms with van der Waals surface area (Å²) in [6.45, 7) is 1.83. The Morgan fingerprint density at radius 3 is 2.53 bits per heavy atom. The van der Waals surface area contributed by atoms with E-state index in [4.69, 9.17) is 17.3 Å². The van der Waals surface area contributed by atoms with Crippen LogP contribution in [0.15, 0.2) is 18.2 Å². The Hall–Kier alpha value is -0.780. The minimum absolute atomic E-state index is 0.237. The summed E-state index contributed by atoms with van der Waals surface area (Å²) in [7, 11) is -2.82. The molecular weight excluding hydrogens is 260 g/mol. The highest BCUT2D eigenvalue weighted by Gasteiger charge is 2.21. The molecule has 1 saturated heterocycles. The fourth-order valence-corrected chi connectivity index (χ4v) is 3.32. The first-order valence-corrected chi connectivity index (χ1v) is 7.63. The number of nitrogens with two attached hydrogens (primary N) is 1. The zero-order chi connectivity index (χ0) is 12.5. The van der Waals surface area contributed by atoms with E-state index >= 15 is 0 Å². The van der Waals surface area contributed by atoms with Crippen LogP contribution in [0, 0.1) is 0 Å². The van der Waals surface area contributed by atoms with E-state index in [1.54, 1.807) is 12.1 Å². The summed E-state index contributed by atoms with van der Waals surface area (Å²) in [6, 6.07) is 5.41. The highest BCUT2D eigenvalue weighted by atomic mass is 35.5. The highest BCUT2D eigenvalue weighted by molar-refractivity contribution is 7.91. The highest BCUT2D eigenvalue weighted by Crippen LogP contribution is 2.20. The van der Waals surface area contributed by atoms with Crippen molar-refractivity contribution in [3.8, 4) is 0 Å². The average molecular weight is 275 g/mol. The number of sulfone groups is 1. The van der Waals surface area contributed by atoms with Gasteiger partial charge < -0.3 is 5.73 Å². The van der Waals surface area contributed by atoms with Crippen LogP contribution in [-0.2, 0) is 16.4 Å². The third kappa shape index (κ3) is 3.34. The minimum Gasteiger partial charge on any atom is -0.398 e. The largest absolute Gasteiger partial charge is 0.398 e. The molecule has 17 heavy (non-hydrogen) atoms. The summed E-state index contributed by atoms with van der Waals surface area (Å²) in [6.07, 6.45) is 0. The topological polar surface area (TPSA) is 63.4 Å². The van der Waals surface area contributed by atoms with Gasteiger partial charge in [0.2, 0.25) is 0 Å². The Kier molecular flexibility index (Phi) is 3.61. The van der Waals surface area contributed by atoms with Gasteiger partial charge in [0, 0.05) is 30.3 Å². The molecule has 1 aliphatic heterocycles. The maximum Gasteiger partial charge on any atom is 0.152 e. The van der Waals surface area contributed by atoms with Crippen molar-refractivity contribution in [2.75, 3.05) is 30.3 Å². The zero-order valence-electron chi connectivity index (χ0n) is 9.39. The fourth-order valence-electron chi connectivity index (χ4n) is 1.86. The number of nitrogen functional groups attached to an aromatic ring is 1. The maximum atomic E-state index is 11.3. The van der Waals surface area contributed by atoms with E-state index in [0.717, 1.165) is 5.56 Å². The van der Waals surface area contributed by atoms with Crippen molar-refractivity contribution >= 4 is 27.1 Å². The van der Waals surface area contributed by atoms with Gasteiger partial charge in [-0.25, -0.2) is 8.42 Å².